The number of nitrogens with one attached hydrogen (secondary N) is 1. The molecule has 5 heteroatoms. The zero-order valence-electron chi connectivity index (χ0n) is 14.6. The summed E-state index contributed by atoms with van der Waals surface area (Å²) in [6, 6.07) is 23.7. The van der Waals surface area contributed by atoms with Crippen LogP contribution in [0.3, 0.4) is 0 Å². The van der Waals surface area contributed by atoms with Crippen LogP contribution in [0.4, 0.5) is 10.1 Å². The predicted octanol–water partition coefficient (Wildman–Crippen LogP) is 4.74. The second kappa shape index (κ2) is 7.41. The van der Waals surface area contributed by atoms with Gasteiger partial charge in [-0.25, -0.2) is 9.37 Å². The van der Waals surface area contributed by atoms with Crippen LogP contribution >= 0.6 is 0 Å². The maximum atomic E-state index is 13.0. The smallest absolute Gasteiger partial charge is 0.224 e. The van der Waals surface area contributed by atoms with E-state index in [0.717, 1.165) is 22.5 Å². The van der Waals surface area contributed by atoms with Gasteiger partial charge in [-0.15, -0.1) is 0 Å². The summed E-state index contributed by atoms with van der Waals surface area (Å²) in [7, 11) is 0. The van der Waals surface area contributed by atoms with Gasteiger partial charge >= 0.3 is 0 Å². The Morgan fingerprint density at radius 2 is 1.63 bits per heavy atom. The molecule has 0 spiro atoms. The highest BCUT2D eigenvalue weighted by molar-refractivity contribution is 5.90. The molecule has 4 nitrogen and oxygen atoms in total. The van der Waals surface area contributed by atoms with Gasteiger partial charge in [0.15, 0.2) is 0 Å². The molecule has 0 radical (unpaired) electrons. The van der Waals surface area contributed by atoms with Crippen LogP contribution in [0.15, 0.2) is 78.9 Å². The normalized spacial score (nSPS) is 10.9. The molecule has 0 fully saturated rings. The van der Waals surface area contributed by atoms with Gasteiger partial charge in [-0.05, 0) is 48.5 Å². The van der Waals surface area contributed by atoms with Crippen molar-refractivity contribution in [1.29, 1.82) is 0 Å². The van der Waals surface area contributed by atoms with Crippen molar-refractivity contribution in [2.45, 2.75) is 12.8 Å². The predicted molar refractivity (Wildman–Crippen MR) is 104 cm³/mol. The highest BCUT2D eigenvalue weighted by atomic mass is 19.1. The van der Waals surface area contributed by atoms with Crippen molar-refractivity contribution in [3.63, 3.8) is 0 Å². The minimum Gasteiger partial charge on any atom is -0.326 e. The standard InChI is InChI=1S/C22H18FN3O/c23-16-10-12-17(13-11-16)24-22(27)15-14-21-25-19-8-4-5-9-20(19)26(21)18-6-2-1-3-7-18/h1-13H,14-15H2,(H,24,27). The second-order valence-electron chi connectivity index (χ2n) is 6.24. The molecule has 0 saturated carbocycles. The van der Waals surface area contributed by atoms with Crippen molar-refractivity contribution in [3.05, 3.63) is 90.5 Å². The Hall–Kier alpha value is -3.47. The molecule has 4 aromatic rings. The maximum Gasteiger partial charge on any atom is 0.224 e. The molecule has 0 atom stereocenters. The molecular weight excluding hydrogens is 341 g/mol. The first-order chi connectivity index (χ1) is 13.2. The number of aryl methyl sites for hydroxylation is 1. The summed E-state index contributed by atoms with van der Waals surface area (Å²) >= 11 is 0. The molecule has 4 rings (SSSR count). The lowest BCUT2D eigenvalue weighted by Gasteiger charge is -2.09. The van der Waals surface area contributed by atoms with Crippen molar-refractivity contribution in [2.75, 3.05) is 5.32 Å². The molecule has 0 saturated heterocycles. The number of para-hydroxylation sites is 3. The van der Waals surface area contributed by atoms with E-state index in [1.807, 2.05) is 54.6 Å². The third-order valence-corrected chi connectivity index (χ3v) is 4.35. The van der Waals surface area contributed by atoms with Crippen molar-refractivity contribution in [3.8, 4) is 5.69 Å². The van der Waals surface area contributed by atoms with E-state index < -0.39 is 0 Å². The molecule has 27 heavy (non-hydrogen) atoms. The number of aromatic nitrogens is 2. The second-order valence-corrected chi connectivity index (χ2v) is 6.24. The lowest BCUT2D eigenvalue weighted by atomic mass is 10.2. The largest absolute Gasteiger partial charge is 0.326 e. The van der Waals surface area contributed by atoms with Crippen LogP contribution in [0.25, 0.3) is 16.7 Å². The SMILES string of the molecule is O=C(CCc1nc2ccccc2n1-c1ccccc1)Nc1ccc(F)cc1. The molecule has 0 aliphatic heterocycles. The molecule has 0 bridgehead atoms. The summed E-state index contributed by atoms with van der Waals surface area (Å²) < 4.78 is 15.1. The summed E-state index contributed by atoms with van der Waals surface area (Å²) in [4.78, 5) is 17.0. The van der Waals surface area contributed by atoms with E-state index in [0.29, 0.717) is 12.1 Å². The first-order valence-electron chi connectivity index (χ1n) is 8.78. The minimum absolute atomic E-state index is 0.131. The van der Waals surface area contributed by atoms with Gasteiger partial charge in [-0.3, -0.25) is 9.36 Å². The Balaban J connectivity index is 1.57. The molecule has 3 aromatic carbocycles. The van der Waals surface area contributed by atoms with Gasteiger partial charge in [0, 0.05) is 24.2 Å². The summed E-state index contributed by atoms with van der Waals surface area (Å²) in [6.45, 7) is 0. The third kappa shape index (κ3) is 3.72. The molecule has 1 aromatic heterocycles. The van der Waals surface area contributed by atoms with E-state index in [9.17, 15) is 9.18 Å². The lowest BCUT2D eigenvalue weighted by Crippen LogP contribution is -2.13. The summed E-state index contributed by atoms with van der Waals surface area (Å²) in [5.74, 6) is 0.370. The Kier molecular flexibility index (Phi) is 4.66. The molecule has 0 unspecified atom stereocenters. The first kappa shape index (κ1) is 17.0. The van der Waals surface area contributed by atoms with Gasteiger partial charge in [0.05, 0.1) is 11.0 Å². The van der Waals surface area contributed by atoms with Crippen molar-refractivity contribution in [2.24, 2.45) is 0 Å². The molecule has 1 N–H and O–H groups in total. The minimum atomic E-state index is -0.329. The van der Waals surface area contributed by atoms with Crippen molar-refractivity contribution < 1.29 is 9.18 Å². The molecule has 0 aliphatic rings. The number of anilines is 1. The number of fused-ring (bicyclic) bond motifs is 1. The molecular formula is C22H18FN3O. The van der Waals surface area contributed by atoms with Crippen molar-refractivity contribution >= 4 is 22.6 Å². The van der Waals surface area contributed by atoms with E-state index in [1.54, 1.807) is 12.1 Å². The number of carbonyl (C=O) groups excluding carboxylic acids is 1. The molecule has 0 aliphatic carbocycles. The van der Waals surface area contributed by atoms with Crippen molar-refractivity contribution in [1.82, 2.24) is 9.55 Å². The fraction of sp³-hybridized carbons (Fsp3) is 0.0909. The first-order valence-corrected chi connectivity index (χ1v) is 8.78. The van der Waals surface area contributed by atoms with E-state index in [1.165, 1.54) is 12.1 Å². The number of benzene rings is 3. The average Bonchev–Trinajstić information content (AvgIpc) is 3.07. The fourth-order valence-corrected chi connectivity index (χ4v) is 3.09. The Labute approximate surface area is 156 Å². The van der Waals surface area contributed by atoms with E-state index in [2.05, 4.69) is 9.88 Å². The maximum absolute atomic E-state index is 13.0. The number of rotatable bonds is 5. The van der Waals surface area contributed by atoms with Crippen LogP contribution in [-0.2, 0) is 11.2 Å². The number of hydrogen-bond acceptors (Lipinski definition) is 2. The van der Waals surface area contributed by atoms with Gasteiger partial charge in [-0.1, -0.05) is 30.3 Å². The zero-order chi connectivity index (χ0) is 18.6. The third-order valence-electron chi connectivity index (χ3n) is 4.35. The Morgan fingerprint density at radius 1 is 0.926 bits per heavy atom. The van der Waals surface area contributed by atoms with Gasteiger partial charge < -0.3 is 5.32 Å². The Bertz CT molecular complexity index is 1070. The van der Waals surface area contributed by atoms with Crippen LogP contribution in [0.1, 0.15) is 12.2 Å². The number of imidazole rings is 1. The van der Waals surface area contributed by atoms with Gasteiger partial charge in [0.1, 0.15) is 11.6 Å². The van der Waals surface area contributed by atoms with E-state index in [-0.39, 0.29) is 18.1 Å². The van der Waals surface area contributed by atoms with Crippen LogP contribution in [0.5, 0.6) is 0 Å². The van der Waals surface area contributed by atoms with Gasteiger partial charge in [0.2, 0.25) is 5.91 Å². The van der Waals surface area contributed by atoms with Crippen LogP contribution in [0.2, 0.25) is 0 Å². The molecule has 134 valence electrons. The van der Waals surface area contributed by atoms with E-state index in [4.69, 9.17) is 4.98 Å². The molecule has 1 heterocycles. The number of amides is 1. The van der Waals surface area contributed by atoms with Crippen LogP contribution < -0.4 is 5.32 Å². The summed E-state index contributed by atoms with van der Waals surface area (Å²) in [5, 5.41) is 2.79. The zero-order valence-corrected chi connectivity index (χ0v) is 14.6. The Morgan fingerprint density at radius 3 is 2.41 bits per heavy atom. The monoisotopic (exact) mass is 359 g/mol. The number of halogens is 1. The highest BCUT2D eigenvalue weighted by Gasteiger charge is 2.13. The lowest BCUT2D eigenvalue weighted by molar-refractivity contribution is -0.116. The van der Waals surface area contributed by atoms with Gasteiger partial charge in [0.25, 0.3) is 0 Å². The fourth-order valence-electron chi connectivity index (χ4n) is 3.09. The number of nitrogens with zero attached hydrogens (tertiary/aromatic N) is 2. The van der Waals surface area contributed by atoms with E-state index >= 15 is 0 Å². The van der Waals surface area contributed by atoms with Crippen LogP contribution in [-0.4, -0.2) is 15.5 Å². The number of hydrogen-bond donors (Lipinski definition) is 1. The van der Waals surface area contributed by atoms with Gasteiger partial charge in [-0.2, -0.15) is 0 Å². The summed E-state index contributed by atoms with van der Waals surface area (Å²) in [5.41, 5.74) is 3.51. The summed E-state index contributed by atoms with van der Waals surface area (Å²) in [6.07, 6.45) is 0.782. The number of carbonyl (C=O) groups is 1. The van der Waals surface area contributed by atoms with Crippen LogP contribution in [0, 0.1) is 5.82 Å². The quantitative estimate of drug-likeness (QED) is 0.560. The topological polar surface area (TPSA) is 46.9 Å². The average molecular weight is 359 g/mol. The highest BCUT2D eigenvalue weighted by Crippen LogP contribution is 2.22. The molecule has 1 amide bonds.